The van der Waals surface area contributed by atoms with Gasteiger partial charge in [0.25, 0.3) is 0 Å². The highest BCUT2D eigenvalue weighted by Gasteiger charge is 1.98. The van der Waals surface area contributed by atoms with Crippen LogP contribution in [0.5, 0.6) is 0 Å². The molecule has 2 N–H and O–H groups in total. The molecule has 128 valence electrons. The molecule has 0 radical (unpaired) electrons. The normalized spacial score (nSPS) is 13.2. The summed E-state index contributed by atoms with van der Waals surface area (Å²) in [5, 5.41) is 17.4. The molecule has 1 atom stereocenters. The second-order valence-electron chi connectivity index (χ2n) is 5.62. The average Bonchev–Trinajstić information content (AvgIpc) is 2.50. The smallest absolute Gasteiger partial charge is 0.303 e. The molecule has 0 fully saturated rings. The Labute approximate surface area is 134 Å². The summed E-state index contributed by atoms with van der Waals surface area (Å²) < 4.78 is 0. The number of allylic oxidation sites excluding steroid dienone is 2. The summed E-state index contributed by atoms with van der Waals surface area (Å²) in [6.07, 6.45) is 18.4. The molecule has 1 unspecified atom stereocenters. The summed E-state index contributed by atoms with van der Waals surface area (Å²) in [4.78, 5) is 14.8. The maximum atomic E-state index is 10.3. The van der Waals surface area contributed by atoms with Gasteiger partial charge >= 0.3 is 5.97 Å². The van der Waals surface area contributed by atoms with Crippen LogP contribution in [0.4, 0.5) is 0 Å². The first-order chi connectivity index (χ1) is 10.7. The highest BCUT2D eigenvalue weighted by molar-refractivity contribution is 5.66. The van der Waals surface area contributed by atoms with Gasteiger partial charge in [-0.25, -0.2) is 4.89 Å². The predicted octanol–water partition coefficient (Wildman–Crippen LogP) is 5.35. The maximum Gasteiger partial charge on any atom is 0.303 e. The fraction of sp³-hybridized carbons (Fsp3) is 0.722. The van der Waals surface area contributed by atoms with Crippen molar-refractivity contribution in [1.82, 2.24) is 0 Å². The standard InChI is InChI=1S/C18H32O4/c1-2-3-4-5-8-11-14-17(22-21)15-12-9-6-7-10-13-16-18(19)20/h11-12,14-15,17,21H,2-10,13,16H2,1H3,(H,19,20)/b14-11+,15-12+. The molecule has 0 rings (SSSR count). The molecule has 0 aromatic rings. The van der Waals surface area contributed by atoms with Gasteiger partial charge in [0.1, 0.15) is 6.10 Å². The number of hydrogen-bond acceptors (Lipinski definition) is 3. The van der Waals surface area contributed by atoms with Gasteiger partial charge in [0, 0.05) is 6.42 Å². The molecule has 0 spiro atoms. The zero-order chi connectivity index (χ0) is 16.5. The highest BCUT2D eigenvalue weighted by atomic mass is 17.1. The van der Waals surface area contributed by atoms with E-state index in [-0.39, 0.29) is 12.5 Å². The van der Waals surface area contributed by atoms with E-state index in [1.807, 2.05) is 18.2 Å². The van der Waals surface area contributed by atoms with Gasteiger partial charge in [0.15, 0.2) is 0 Å². The molecule has 0 bridgehead atoms. The monoisotopic (exact) mass is 312 g/mol. The van der Waals surface area contributed by atoms with Gasteiger partial charge < -0.3 is 5.11 Å². The number of carboxylic acid groups (broad SMARTS) is 1. The molecule has 0 aromatic heterocycles. The minimum Gasteiger partial charge on any atom is -0.481 e. The molecule has 4 heteroatoms. The van der Waals surface area contributed by atoms with Crippen LogP contribution >= 0.6 is 0 Å². The summed E-state index contributed by atoms with van der Waals surface area (Å²) in [7, 11) is 0. The molecule has 22 heavy (non-hydrogen) atoms. The maximum absolute atomic E-state index is 10.3. The Bertz CT molecular complexity index is 310. The van der Waals surface area contributed by atoms with Gasteiger partial charge in [-0.3, -0.25) is 10.1 Å². The Morgan fingerprint density at radius 3 is 2.00 bits per heavy atom. The Morgan fingerprint density at radius 2 is 1.50 bits per heavy atom. The number of hydrogen-bond donors (Lipinski definition) is 2. The van der Waals surface area contributed by atoms with E-state index in [1.54, 1.807) is 0 Å². The van der Waals surface area contributed by atoms with Crippen LogP contribution in [0.15, 0.2) is 24.3 Å². The first-order valence-corrected chi connectivity index (χ1v) is 8.56. The van der Waals surface area contributed by atoms with E-state index >= 15 is 0 Å². The second-order valence-corrected chi connectivity index (χ2v) is 5.62. The van der Waals surface area contributed by atoms with Crippen molar-refractivity contribution in [2.75, 3.05) is 0 Å². The number of unbranched alkanes of at least 4 members (excludes halogenated alkanes) is 8. The van der Waals surface area contributed by atoms with Gasteiger partial charge in [-0.15, -0.1) is 0 Å². The van der Waals surface area contributed by atoms with Crippen molar-refractivity contribution in [3.8, 4) is 0 Å². The van der Waals surface area contributed by atoms with Crippen molar-refractivity contribution in [3.63, 3.8) is 0 Å². The largest absolute Gasteiger partial charge is 0.481 e. The third-order valence-electron chi connectivity index (χ3n) is 3.51. The molecule has 0 heterocycles. The molecule has 0 aromatic carbocycles. The molecule has 4 nitrogen and oxygen atoms in total. The third-order valence-corrected chi connectivity index (χ3v) is 3.51. The molecular weight excluding hydrogens is 280 g/mol. The third kappa shape index (κ3) is 15.3. The van der Waals surface area contributed by atoms with Crippen LogP contribution in [0, 0.1) is 0 Å². The van der Waals surface area contributed by atoms with Crippen molar-refractivity contribution in [3.05, 3.63) is 24.3 Å². The van der Waals surface area contributed by atoms with Crippen LogP contribution in [-0.4, -0.2) is 22.4 Å². The minimum absolute atomic E-state index is 0.263. The molecule has 0 aliphatic rings. The van der Waals surface area contributed by atoms with Gasteiger partial charge in [0.05, 0.1) is 0 Å². The molecule has 0 saturated heterocycles. The summed E-state index contributed by atoms with van der Waals surface area (Å²) in [5.74, 6) is -0.718. The quantitative estimate of drug-likeness (QED) is 0.185. The van der Waals surface area contributed by atoms with Crippen LogP contribution < -0.4 is 0 Å². The van der Waals surface area contributed by atoms with E-state index in [2.05, 4.69) is 17.9 Å². The topological polar surface area (TPSA) is 66.8 Å². The van der Waals surface area contributed by atoms with Gasteiger partial charge in [-0.1, -0.05) is 63.3 Å². The van der Waals surface area contributed by atoms with Crippen molar-refractivity contribution in [2.45, 2.75) is 83.7 Å². The summed E-state index contributed by atoms with van der Waals surface area (Å²) in [5.41, 5.74) is 0. The first kappa shape index (κ1) is 20.9. The van der Waals surface area contributed by atoms with Crippen LogP contribution in [0.3, 0.4) is 0 Å². The summed E-state index contributed by atoms with van der Waals surface area (Å²) >= 11 is 0. The lowest BCUT2D eigenvalue weighted by Crippen LogP contribution is -2.02. The Morgan fingerprint density at radius 1 is 0.955 bits per heavy atom. The molecule has 0 aliphatic carbocycles. The van der Waals surface area contributed by atoms with Gasteiger partial charge in [0.2, 0.25) is 0 Å². The number of rotatable bonds is 15. The zero-order valence-electron chi connectivity index (χ0n) is 13.9. The van der Waals surface area contributed by atoms with Crippen LogP contribution in [0.25, 0.3) is 0 Å². The lowest BCUT2D eigenvalue weighted by Gasteiger charge is -2.03. The number of carbonyl (C=O) groups is 1. The minimum atomic E-state index is -0.718. The highest BCUT2D eigenvalue weighted by Crippen LogP contribution is 2.08. The molecular formula is C18H32O4. The van der Waals surface area contributed by atoms with E-state index in [1.165, 1.54) is 25.7 Å². The average molecular weight is 312 g/mol. The molecule has 0 aliphatic heterocycles. The fourth-order valence-electron chi connectivity index (χ4n) is 2.18. The van der Waals surface area contributed by atoms with Crippen LogP contribution in [0.1, 0.15) is 77.6 Å². The first-order valence-electron chi connectivity index (χ1n) is 8.56. The van der Waals surface area contributed by atoms with E-state index in [0.717, 1.165) is 38.5 Å². The van der Waals surface area contributed by atoms with Gasteiger partial charge in [-0.2, -0.15) is 0 Å². The van der Waals surface area contributed by atoms with Crippen LogP contribution in [0.2, 0.25) is 0 Å². The summed E-state index contributed by atoms with van der Waals surface area (Å²) in [6, 6.07) is 0. The van der Waals surface area contributed by atoms with Crippen molar-refractivity contribution >= 4 is 5.97 Å². The second kappa shape index (κ2) is 16.2. The Kier molecular flexibility index (Phi) is 15.4. The van der Waals surface area contributed by atoms with E-state index in [0.29, 0.717) is 0 Å². The number of carboxylic acids is 1. The molecule has 0 amide bonds. The lowest BCUT2D eigenvalue weighted by molar-refractivity contribution is -0.254. The van der Waals surface area contributed by atoms with E-state index in [9.17, 15) is 4.79 Å². The van der Waals surface area contributed by atoms with Crippen molar-refractivity contribution < 1.29 is 20.0 Å². The van der Waals surface area contributed by atoms with Crippen molar-refractivity contribution in [2.24, 2.45) is 0 Å². The van der Waals surface area contributed by atoms with E-state index < -0.39 is 5.97 Å². The molecule has 0 saturated carbocycles. The Balaban J connectivity index is 3.61. The van der Waals surface area contributed by atoms with Gasteiger partial charge in [-0.05, 0) is 32.1 Å². The SMILES string of the molecule is CCCCCC/C=C/C(/C=C/CCCCCCC(=O)O)OO. The summed E-state index contributed by atoms with van der Waals surface area (Å²) in [6.45, 7) is 2.20. The predicted molar refractivity (Wildman–Crippen MR) is 89.9 cm³/mol. The zero-order valence-corrected chi connectivity index (χ0v) is 13.9. The lowest BCUT2D eigenvalue weighted by atomic mass is 10.1. The van der Waals surface area contributed by atoms with E-state index in [4.69, 9.17) is 10.4 Å². The number of aliphatic carboxylic acids is 1. The Hall–Kier alpha value is -1.13. The fourth-order valence-corrected chi connectivity index (χ4v) is 2.18. The van der Waals surface area contributed by atoms with Crippen molar-refractivity contribution in [1.29, 1.82) is 0 Å². The van der Waals surface area contributed by atoms with Crippen LogP contribution in [-0.2, 0) is 9.68 Å².